The van der Waals surface area contributed by atoms with Crippen LogP contribution in [0.15, 0.2) is 18.3 Å². The minimum atomic E-state index is -0.531. The maximum atomic E-state index is 11.3. The fourth-order valence-corrected chi connectivity index (χ4v) is 1.23. The number of hydrogen-bond donors (Lipinski definition) is 1. The van der Waals surface area contributed by atoms with Crippen LogP contribution >= 0.6 is 0 Å². The number of nitrogens with one attached hydrogen (secondary N) is 1. The molecule has 19 heavy (non-hydrogen) atoms. The number of pyridine rings is 1. The molecule has 1 N–H and O–H groups in total. The molecule has 1 aromatic rings. The van der Waals surface area contributed by atoms with Crippen molar-refractivity contribution in [2.24, 2.45) is 0 Å². The molecule has 0 unspecified atom stereocenters. The molecular weight excluding hydrogens is 248 g/mol. The van der Waals surface area contributed by atoms with Crippen LogP contribution in [0.5, 0.6) is 5.88 Å². The number of carbonyl (C=O) groups is 2. The summed E-state index contributed by atoms with van der Waals surface area (Å²) >= 11 is 0. The third kappa shape index (κ3) is 5.85. The first kappa shape index (κ1) is 14.9. The van der Waals surface area contributed by atoms with E-state index in [2.05, 4.69) is 10.3 Å². The van der Waals surface area contributed by atoms with E-state index in [1.54, 1.807) is 32.9 Å². The number of alkyl carbamates (subject to hydrolysis) is 1. The number of nitrogens with zero attached hydrogens (tertiary/aromatic N) is 1. The first-order valence-electron chi connectivity index (χ1n) is 5.92. The molecule has 0 fully saturated rings. The van der Waals surface area contributed by atoms with Crippen LogP contribution in [0.4, 0.5) is 4.79 Å². The summed E-state index contributed by atoms with van der Waals surface area (Å²) in [4.78, 5) is 26.0. The van der Waals surface area contributed by atoms with Crippen LogP contribution in [0.25, 0.3) is 0 Å². The van der Waals surface area contributed by atoms with E-state index in [4.69, 9.17) is 9.47 Å². The number of aromatic nitrogens is 1. The molecule has 0 saturated carbocycles. The van der Waals surface area contributed by atoms with Gasteiger partial charge in [0.2, 0.25) is 5.88 Å². The number of aldehydes is 1. The highest BCUT2D eigenvalue weighted by molar-refractivity contribution is 5.77. The molecule has 0 spiro atoms. The average molecular weight is 266 g/mol. The van der Waals surface area contributed by atoms with Crippen LogP contribution in [-0.4, -0.2) is 36.1 Å². The summed E-state index contributed by atoms with van der Waals surface area (Å²) < 4.78 is 10.4. The standard InChI is InChI=1S/C13H18N2O4/c1-13(2,3)19-12(17)15-7-8-18-11-10(9-16)5-4-6-14-11/h4-6,9H,7-8H2,1-3H3,(H,15,17). The summed E-state index contributed by atoms with van der Waals surface area (Å²) in [6, 6.07) is 3.26. The highest BCUT2D eigenvalue weighted by atomic mass is 16.6. The van der Waals surface area contributed by atoms with E-state index in [-0.39, 0.29) is 19.0 Å². The zero-order valence-electron chi connectivity index (χ0n) is 11.3. The van der Waals surface area contributed by atoms with Gasteiger partial charge in [-0.3, -0.25) is 4.79 Å². The lowest BCUT2D eigenvalue weighted by molar-refractivity contribution is 0.0519. The first-order valence-corrected chi connectivity index (χ1v) is 5.92. The van der Waals surface area contributed by atoms with Gasteiger partial charge in [0.1, 0.15) is 12.2 Å². The summed E-state index contributed by atoms with van der Waals surface area (Å²) in [5.41, 5.74) is -0.156. The molecule has 0 saturated heterocycles. The number of carbonyl (C=O) groups excluding carboxylic acids is 2. The molecule has 1 rings (SSSR count). The molecule has 0 bridgehead atoms. The van der Waals surface area contributed by atoms with Gasteiger partial charge in [0.05, 0.1) is 12.1 Å². The monoisotopic (exact) mass is 266 g/mol. The van der Waals surface area contributed by atoms with Crippen LogP contribution < -0.4 is 10.1 Å². The van der Waals surface area contributed by atoms with E-state index in [0.29, 0.717) is 11.8 Å². The van der Waals surface area contributed by atoms with Crippen molar-refractivity contribution in [1.29, 1.82) is 0 Å². The van der Waals surface area contributed by atoms with Crippen LogP contribution in [0.3, 0.4) is 0 Å². The Morgan fingerprint density at radius 2 is 2.21 bits per heavy atom. The van der Waals surface area contributed by atoms with E-state index in [1.165, 1.54) is 6.20 Å². The number of ether oxygens (including phenoxy) is 2. The lowest BCUT2D eigenvalue weighted by atomic mass is 10.2. The third-order valence-corrected chi connectivity index (χ3v) is 1.94. The Bertz CT molecular complexity index is 441. The predicted molar refractivity (Wildman–Crippen MR) is 69.4 cm³/mol. The van der Waals surface area contributed by atoms with Gasteiger partial charge in [-0.25, -0.2) is 9.78 Å². The summed E-state index contributed by atoms with van der Waals surface area (Å²) in [7, 11) is 0. The van der Waals surface area contributed by atoms with Crippen LogP contribution in [0.1, 0.15) is 31.1 Å². The number of hydrogen-bond acceptors (Lipinski definition) is 5. The van der Waals surface area contributed by atoms with E-state index < -0.39 is 11.7 Å². The van der Waals surface area contributed by atoms with Crippen molar-refractivity contribution in [3.05, 3.63) is 23.9 Å². The molecule has 6 heteroatoms. The van der Waals surface area contributed by atoms with Crippen molar-refractivity contribution in [2.45, 2.75) is 26.4 Å². The van der Waals surface area contributed by atoms with Crippen LogP contribution in [-0.2, 0) is 4.74 Å². The highest BCUT2D eigenvalue weighted by Crippen LogP contribution is 2.11. The average Bonchev–Trinajstić information content (AvgIpc) is 2.33. The summed E-state index contributed by atoms with van der Waals surface area (Å²) in [5, 5.41) is 2.54. The maximum Gasteiger partial charge on any atom is 0.407 e. The molecule has 1 aromatic heterocycles. The van der Waals surface area contributed by atoms with Gasteiger partial charge >= 0.3 is 6.09 Å². The van der Waals surface area contributed by atoms with Crippen molar-refractivity contribution in [2.75, 3.05) is 13.2 Å². The Morgan fingerprint density at radius 3 is 2.84 bits per heavy atom. The largest absolute Gasteiger partial charge is 0.475 e. The molecule has 1 heterocycles. The zero-order valence-corrected chi connectivity index (χ0v) is 11.3. The van der Waals surface area contributed by atoms with Crippen molar-refractivity contribution in [3.8, 4) is 5.88 Å². The third-order valence-electron chi connectivity index (χ3n) is 1.94. The Morgan fingerprint density at radius 1 is 1.47 bits per heavy atom. The van der Waals surface area contributed by atoms with Gasteiger partial charge < -0.3 is 14.8 Å². The molecule has 0 atom stereocenters. The van der Waals surface area contributed by atoms with Crippen LogP contribution in [0.2, 0.25) is 0 Å². The van der Waals surface area contributed by atoms with Crippen molar-refractivity contribution < 1.29 is 19.1 Å². The van der Waals surface area contributed by atoms with E-state index in [9.17, 15) is 9.59 Å². The first-order chi connectivity index (χ1) is 8.92. The smallest absolute Gasteiger partial charge is 0.407 e. The highest BCUT2D eigenvalue weighted by Gasteiger charge is 2.15. The van der Waals surface area contributed by atoms with Gasteiger partial charge in [-0.2, -0.15) is 0 Å². The van der Waals surface area contributed by atoms with Gasteiger partial charge in [0.25, 0.3) is 0 Å². The molecular formula is C13H18N2O4. The van der Waals surface area contributed by atoms with Gasteiger partial charge in [-0.05, 0) is 32.9 Å². The lowest BCUT2D eigenvalue weighted by Crippen LogP contribution is -2.34. The minimum Gasteiger partial charge on any atom is -0.475 e. The number of rotatable bonds is 5. The molecule has 0 aliphatic rings. The molecule has 0 radical (unpaired) electrons. The Kier molecular flexibility index (Phi) is 5.29. The molecule has 0 aliphatic heterocycles. The minimum absolute atomic E-state index is 0.205. The lowest BCUT2D eigenvalue weighted by Gasteiger charge is -2.19. The molecule has 0 aromatic carbocycles. The molecule has 1 amide bonds. The van der Waals surface area contributed by atoms with Crippen molar-refractivity contribution >= 4 is 12.4 Å². The van der Waals surface area contributed by atoms with Gasteiger partial charge in [-0.15, -0.1) is 0 Å². The van der Waals surface area contributed by atoms with Gasteiger partial charge in [0.15, 0.2) is 6.29 Å². The van der Waals surface area contributed by atoms with E-state index in [0.717, 1.165) is 0 Å². The Labute approximate surface area is 112 Å². The second kappa shape index (κ2) is 6.72. The van der Waals surface area contributed by atoms with Crippen LogP contribution in [0, 0.1) is 0 Å². The van der Waals surface area contributed by atoms with E-state index in [1.807, 2.05) is 0 Å². The Balaban J connectivity index is 2.31. The molecule has 6 nitrogen and oxygen atoms in total. The van der Waals surface area contributed by atoms with Crippen molar-refractivity contribution in [1.82, 2.24) is 10.3 Å². The zero-order chi connectivity index (χ0) is 14.3. The van der Waals surface area contributed by atoms with Gasteiger partial charge in [-0.1, -0.05) is 0 Å². The normalized spacial score (nSPS) is 10.7. The fourth-order valence-electron chi connectivity index (χ4n) is 1.23. The second-order valence-electron chi connectivity index (χ2n) is 4.79. The van der Waals surface area contributed by atoms with Gasteiger partial charge in [0, 0.05) is 6.20 Å². The second-order valence-corrected chi connectivity index (χ2v) is 4.79. The molecule has 104 valence electrons. The quantitative estimate of drug-likeness (QED) is 0.649. The topological polar surface area (TPSA) is 77.5 Å². The Hall–Kier alpha value is -2.11. The number of amides is 1. The summed E-state index contributed by atoms with van der Waals surface area (Å²) in [6.45, 7) is 5.83. The SMILES string of the molecule is CC(C)(C)OC(=O)NCCOc1ncccc1C=O. The van der Waals surface area contributed by atoms with E-state index >= 15 is 0 Å². The predicted octanol–water partition coefficient (Wildman–Crippen LogP) is 1.80. The fraction of sp³-hybridized carbons (Fsp3) is 0.462. The molecule has 0 aliphatic carbocycles. The maximum absolute atomic E-state index is 11.3. The summed E-state index contributed by atoms with van der Waals surface area (Å²) in [5.74, 6) is 0.253. The summed E-state index contributed by atoms with van der Waals surface area (Å²) in [6.07, 6.45) is 1.69. The van der Waals surface area contributed by atoms with Crippen molar-refractivity contribution in [3.63, 3.8) is 0 Å².